The molecule has 0 aliphatic carbocycles. The first-order chi connectivity index (χ1) is 14.1. The zero-order valence-corrected chi connectivity index (χ0v) is 16.3. The number of rotatable bonds is 4. The van der Waals surface area contributed by atoms with E-state index in [4.69, 9.17) is 4.74 Å². The lowest BCUT2D eigenvalue weighted by Gasteiger charge is -2.32. The van der Waals surface area contributed by atoms with Crippen molar-refractivity contribution in [3.8, 4) is 17.0 Å². The van der Waals surface area contributed by atoms with Crippen molar-refractivity contribution in [1.29, 1.82) is 0 Å². The van der Waals surface area contributed by atoms with Gasteiger partial charge in [-0.3, -0.25) is 0 Å². The monoisotopic (exact) mass is 395 g/mol. The van der Waals surface area contributed by atoms with Crippen LogP contribution in [0.15, 0.2) is 42.9 Å². The van der Waals surface area contributed by atoms with Crippen LogP contribution >= 0.6 is 0 Å². The highest BCUT2D eigenvalue weighted by atomic mass is 19.1. The molecule has 1 saturated heterocycles. The molecule has 2 atom stereocenters. The van der Waals surface area contributed by atoms with Gasteiger partial charge >= 0.3 is 0 Å². The molecule has 1 N–H and O–H groups in total. The molecule has 0 radical (unpaired) electrons. The minimum atomic E-state index is -0.971. The highest BCUT2D eigenvalue weighted by molar-refractivity contribution is 5.85. The van der Waals surface area contributed by atoms with Gasteiger partial charge in [-0.2, -0.15) is 10.1 Å². The summed E-state index contributed by atoms with van der Waals surface area (Å²) in [6, 6.07) is 7.67. The van der Waals surface area contributed by atoms with Gasteiger partial charge in [0, 0.05) is 37.2 Å². The minimum absolute atomic E-state index is 0.312. The number of nitrogens with one attached hydrogen (secondary N) is 1. The van der Waals surface area contributed by atoms with Crippen molar-refractivity contribution in [2.45, 2.75) is 18.6 Å². The number of aromatic nitrogens is 5. The number of likely N-dealkylation sites (tertiary alicyclic amines) is 1. The average molecular weight is 395 g/mol. The highest BCUT2D eigenvalue weighted by Gasteiger charge is 2.28. The standard InChI is InChI=1S/C20H22FN7O/c1-26-8-6-17(16(21)12-26)23-20-24-19(29-2)18-15(5-10-28(18)25-20)13-4-9-27-14(11-13)3-7-22-27/h3-5,7,9-11,16-17H,6,8,12H2,1-2H3,(H,23,25)/t16-,17-/m0/s1. The number of alkyl halides is 1. The van der Waals surface area contributed by atoms with Crippen LogP contribution in [0.2, 0.25) is 0 Å². The first kappa shape index (κ1) is 17.9. The molecule has 0 saturated carbocycles. The summed E-state index contributed by atoms with van der Waals surface area (Å²) < 4.78 is 23.5. The van der Waals surface area contributed by atoms with Crippen molar-refractivity contribution in [3.63, 3.8) is 0 Å². The molecular weight excluding hydrogens is 373 g/mol. The van der Waals surface area contributed by atoms with E-state index in [0.717, 1.165) is 28.7 Å². The van der Waals surface area contributed by atoms with Gasteiger partial charge in [-0.05, 0) is 43.3 Å². The Balaban J connectivity index is 1.52. The largest absolute Gasteiger partial charge is 0.479 e. The number of methoxy groups -OCH3 is 1. The molecule has 5 rings (SSSR count). The Morgan fingerprint density at radius 3 is 2.90 bits per heavy atom. The molecule has 9 heteroatoms. The lowest BCUT2D eigenvalue weighted by atomic mass is 10.0. The van der Waals surface area contributed by atoms with E-state index in [1.165, 1.54) is 0 Å². The number of nitrogens with zero attached hydrogens (tertiary/aromatic N) is 6. The highest BCUT2D eigenvalue weighted by Crippen LogP contribution is 2.32. The van der Waals surface area contributed by atoms with Gasteiger partial charge in [0.1, 0.15) is 11.7 Å². The van der Waals surface area contributed by atoms with E-state index in [2.05, 4.69) is 26.6 Å². The molecule has 4 aromatic rings. The molecule has 1 fully saturated rings. The molecule has 0 aromatic carbocycles. The van der Waals surface area contributed by atoms with E-state index in [9.17, 15) is 4.39 Å². The number of hydrogen-bond donors (Lipinski definition) is 1. The van der Waals surface area contributed by atoms with Crippen molar-refractivity contribution >= 4 is 17.0 Å². The van der Waals surface area contributed by atoms with E-state index in [-0.39, 0.29) is 6.04 Å². The Hall–Kier alpha value is -3.20. The van der Waals surface area contributed by atoms with Gasteiger partial charge in [-0.25, -0.2) is 13.4 Å². The molecule has 29 heavy (non-hydrogen) atoms. The minimum Gasteiger partial charge on any atom is -0.479 e. The summed E-state index contributed by atoms with van der Waals surface area (Å²) in [5, 5.41) is 11.9. The van der Waals surface area contributed by atoms with Gasteiger partial charge in [0.25, 0.3) is 0 Å². The number of hydrogen-bond acceptors (Lipinski definition) is 6. The third kappa shape index (κ3) is 3.17. The molecular formula is C20H22FN7O. The number of pyridine rings is 1. The Morgan fingerprint density at radius 1 is 1.21 bits per heavy atom. The van der Waals surface area contributed by atoms with Crippen LogP contribution in [0, 0.1) is 0 Å². The number of halogens is 1. The van der Waals surface area contributed by atoms with Crippen LogP contribution in [0.1, 0.15) is 6.42 Å². The van der Waals surface area contributed by atoms with Crippen molar-refractivity contribution in [2.24, 2.45) is 0 Å². The van der Waals surface area contributed by atoms with Gasteiger partial charge in [-0.15, -0.1) is 5.10 Å². The normalized spacial score (nSPS) is 20.4. The van der Waals surface area contributed by atoms with Crippen LogP contribution in [-0.2, 0) is 0 Å². The van der Waals surface area contributed by atoms with Gasteiger partial charge in [-0.1, -0.05) is 0 Å². The van der Waals surface area contributed by atoms with Crippen molar-refractivity contribution in [1.82, 2.24) is 29.1 Å². The fourth-order valence-electron chi connectivity index (χ4n) is 3.90. The topological polar surface area (TPSA) is 72.0 Å². The van der Waals surface area contributed by atoms with E-state index < -0.39 is 6.17 Å². The maximum atomic E-state index is 14.4. The summed E-state index contributed by atoms with van der Waals surface area (Å²) in [5.74, 6) is 0.805. The third-order valence-electron chi connectivity index (χ3n) is 5.44. The Bertz CT molecular complexity index is 1170. The van der Waals surface area contributed by atoms with Gasteiger partial charge in [0.2, 0.25) is 11.8 Å². The zero-order valence-electron chi connectivity index (χ0n) is 16.3. The molecule has 0 unspecified atom stereocenters. The average Bonchev–Trinajstić information content (AvgIpc) is 3.35. The van der Waals surface area contributed by atoms with Crippen LogP contribution in [-0.4, -0.2) is 68.6 Å². The molecule has 0 bridgehead atoms. The summed E-state index contributed by atoms with van der Waals surface area (Å²) in [7, 11) is 3.51. The van der Waals surface area contributed by atoms with Crippen molar-refractivity contribution in [2.75, 3.05) is 32.6 Å². The van der Waals surface area contributed by atoms with Crippen LogP contribution in [0.3, 0.4) is 0 Å². The SMILES string of the molecule is COc1nc(N[C@H]2CCN(C)C[C@@H]2F)nn2ccc(-c3ccn4nccc4c3)c12. The van der Waals surface area contributed by atoms with Crippen molar-refractivity contribution < 1.29 is 9.13 Å². The summed E-state index contributed by atoms with van der Waals surface area (Å²) in [5.41, 5.74) is 3.74. The third-order valence-corrected chi connectivity index (χ3v) is 5.44. The van der Waals surface area contributed by atoms with Gasteiger partial charge in [0.15, 0.2) is 0 Å². The number of piperidine rings is 1. The molecule has 1 aliphatic heterocycles. The maximum absolute atomic E-state index is 14.4. The number of anilines is 1. The first-order valence-electron chi connectivity index (χ1n) is 9.58. The predicted octanol–water partition coefficient (Wildman–Crippen LogP) is 2.51. The van der Waals surface area contributed by atoms with Gasteiger partial charge < -0.3 is 15.0 Å². The smallest absolute Gasteiger partial charge is 0.244 e. The Morgan fingerprint density at radius 2 is 2.07 bits per heavy atom. The van der Waals surface area contributed by atoms with Crippen LogP contribution in [0.25, 0.3) is 22.2 Å². The van der Waals surface area contributed by atoms with E-state index >= 15 is 0 Å². The summed E-state index contributed by atoms with van der Waals surface area (Å²) in [4.78, 5) is 6.50. The van der Waals surface area contributed by atoms with E-state index in [1.54, 1.807) is 17.8 Å². The predicted molar refractivity (Wildman–Crippen MR) is 108 cm³/mol. The van der Waals surface area contributed by atoms with Gasteiger partial charge in [0.05, 0.1) is 18.7 Å². The number of ether oxygens (including phenoxy) is 1. The van der Waals surface area contributed by atoms with Crippen molar-refractivity contribution in [3.05, 3.63) is 42.9 Å². The molecule has 0 spiro atoms. The van der Waals surface area contributed by atoms with E-state index in [1.807, 2.05) is 47.1 Å². The number of fused-ring (bicyclic) bond motifs is 2. The summed E-state index contributed by atoms with van der Waals surface area (Å²) >= 11 is 0. The quantitative estimate of drug-likeness (QED) is 0.573. The fraction of sp³-hybridized carbons (Fsp3) is 0.350. The second-order valence-electron chi connectivity index (χ2n) is 7.40. The summed E-state index contributed by atoms with van der Waals surface area (Å²) in [6.45, 7) is 1.24. The maximum Gasteiger partial charge on any atom is 0.244 e. The molecule has 0 amide bonds. The lowest BCUT2D eigenvalue weighted by Crippen LogP contribution is -2.46. The lowest BCUT2D eigenvalue weighted by molar-refractivity contribution is 0.149. The van der Waals surface area contributed by atoms with Crippen LogP contribution in [0.4, 0.5) is 10.3 Å². The van der Waals surface area contributed by atoms with E-state index in [0.29, 0.717) is 24.8 Å². The van der Waals surface area contributed by atoms with Crippen LogP contribution in [0.5, 0.6) is 5.88 Å². The molecule has 150 valence electrons. The molecule has 4 aromatic heterocycles. The molecule has 1 aliphatic rings. The fourth-order valence-corrected chi connectivity index (χ4v) is 3.90. The first-order valence-corrected chi connectivity index (χ1v) is 9.58. The second-order valence-corrected chi connectivity index (χ2v) is 7.40. The molecule has 8 nitrogen and oxygen atoms in total. The Labute approximate surface area is 166 Å². The summed E-state index contributed by atoms with van der Waals surface area (Å²) in [6.07, 6.45) is 5.27. The Kier molecular flexibility index (Phi) is 4.31. The molecule has 5 heterocycles. The van der Waals surface area contributed by atoms with Crippen LogP contribution < -0.4 is 10.1 Å². The second kappa shape index (κ2) is 7.00. The zero-order chi connectivity index (χ0) is 20.0.